The van der Waals surface area contributed by atoms with Gasteiger partial charge in [0.25, 0.3) is 0 Å². The van der Waals surface area contributed by atoms with Gasteiger partial charge in [0.05, 0.1) is 6.42 Å². The minimum atomic E-state index is -0.885. The van der Waals surface area contributed by atoms with E-state index in [2.05, 4.69) is 21.3 Å². The molecule has 1 aromatic rings. The fourth-order valence-electron chi connectivity index (χ4n) is 3.22. The van der Waals surface area contributed by atoms with Gasteiger partial charge in [0.1, 0.15) is 0 Å². The number of nitrogens with one attached hydrogen (secondary N) is 1. The number of nitrogens with zero attached hydrogens (tertiary/aromatic N) is 2. The van der Waals surface area contributed by atoms with Crippen LogP contribution in [0.15, 0.2) is 24.5 Å². The maximum Gasteiger partial charge on any atom is 0.305 e. The first-order chi connectivity index (χ1) is 11.7. The normalized spacial score (nSPS) is 17.8. The number of amides is 1. The predicted octanol–water partition coefficient (Wildman–Crippen LogP) is 2.37. The van der Waals surface area contributed by atoms with Crippen LogP contribution in [0.25, 0.3) is 0 Å². The van der Waals surface area contributed by atoms with Gasteiger partial charge in [-0.25, -0.2) is 0 Å². The molecular formula is C18H27N3O3. The van der Waals surface area contributed by atoms with Crippen molar-refractivity contribution in [3.8, 4) is 0 Å². The topological polar surface area (TPSA) is 82.5 Å². The van der Waals surface area contributed by atoms with Gasteiger partial charge in [0.2, 0.25) is 5.91 Å². The van der Waals surface area contributed by atoms with E-state index in [-0.39, 0.29) is 18.9 Å². The highest BCUT2D eigenvalue weighted by Gasteiger charge is 2.25. The molecule has 1 amide bonds. The second-order valence-corrected chi connectivity index (χ2v) is 6.28. The maximum atomic E-state index is 11.6. The monoisotopic (exact) mass is 333 g/mol. The Bertz CT molecular complexity index is 522. The SMILES string of the molecule is O=C(O)CCNC(=O)CCCCCN1CCC[C@H]1c1cccnc1. The van der Waals surface area contributed by atoms with Crippen molar-refractivity contribution in [3.63, 3.8) is 0 Å². The number of aliphatic carboxylic acids is 1. The number of carboxylic acid groups (broad SMARTS) is 1. The van der Waals surface area contributed by atoms with E-state index >= 15 is 0 Å². The lowest BCUT2D eigenvalue weighted by Crippen LogP contribution is -2.26. The molecule has 24 heavy (non-hydrogen) atoms. The third kappa shape index (κ3) is 6.28. The molecule has 0 aromatic carbocycles. The predicted molar refractivity (Wildman–Crippen MR) is 91.5 cm³/mol. The van der Waals surface area contributed by atoms with Crippen molar-refractivity contribution < 1.29 is 14.7 Å². The van der Waals surface area contributed by atoms with Crippen LogP contribution in [0.3, 0.4) is 0 Å². The fraction of sp³-hybridized carbons (Fsp3) is 0.611. The van der Waals surface area contributed by atoms with Crippen LogP contribution in [0.4, 0.5) is 0 Å². The van der Waals surface area contributed by atoms with Crippen LogP contribution in [-0.2, 0) is 9.59 Å². The molecule has 0 bridgehead atoms. The Balaban J connectivity index is 1.58. The van der Waals surface area contributed by atoms with E-state index in [4.69, 9.17) is 5.11 Å². The minimum absolute atomic E-state index is 0.0174. The van der Waals surface area contributed by atoms with E-state index in [0.717, 1.165) is 32.4 Å². The highest BCUT2D eigenvalue weighted by atomic mass is 16.4. The average Bonchev–Trinajstić information content (AvgIpc) is 3.03. The number of hydrogen-bond acceptors (Lipinski definition) is 4. The lowest BCUT2D eigenvalue weighted by Gasteiger charge is -2.24. The molecule has 6 nitrogen and oxygen atoms in total. The number of carboxylic acids is 1. The molecule has 1 atom stereocenters. The zero-order valence-electron chi connectivity index (χ0n) is 14.1. The number of hydrogen-bond donors (Lipinski definition) is 2. The smallest absolute Gasteiger partial charge is 0.305 e. The molecule has 6 heteroatoms. The van der Waals surface area contributed by atoms with Crippen molar-refractivity contribution in [3.05, 3.63) is 30.1 Å². The summed E-state index contributed by atoms with van der Waals surface area (Å²) in [4.78, 5) is 28.7. The van der Waals surface area contributed by atoms with Gasteiger partial charge in [-0.2, -0.15) is 0 Å². The molecule has 0 saturated carbocycles. The van der Waals surface area contributed by atoms with Crippen molar-refractivity contribution in [2.45, 2.75) is 51.0 Å². The Hall–Kier alpha value is -1.95. The zero-order valence-corrected chi connectivity index (χ0v) is 14.1. The van der Waals surface area contributed by atoms with E-state index in [1.807, 2.05) is 18.5 Å². The quantitative estimate of drug-likeness (QED) is 0.642. The van der Waals surface area contributed by atoms with Crippen molar-refractivity contribution in [2.24, 2.45) is 0 Å². The highest BCUT2D eigenvalue weighted by molar-refractivity contribution is 5.76. The van der Waals surface area contributed by atoms with Gasteiger partial charge in [-0.1, -0.05) is 12.5 Å². The Morgan fingerprint density at radius 1 is 1.29 bits per heavy atom. The molecule has 2 N–H and O–H groups in total. The number of aromatic nitrogens is 1. The van der Waals surface area contributed by atoms with Gasteiger partial charge in [0, 0.05) is 31.4 Å². The average molecular weight is 333 g/mol. The number of pyridine rings is 1. The third-order valence-corrected chi connectivity index (χ3v) is 4.44. The Labute approximate surface area is 143 Å². The molecule has 1 aliphatic heterocycles. The summed E-state index contributed by atoms with van der Waals surface area (Å²) in [5, 5.41) is 11.2. The summed E-state index contributed by atoms with van der Waals surface area (Å²) in [6.07, 6.45) is 9.60. The van der Waals surface area contributed by atoms with Crippen LogP contribution in [-0.4, -0.2) is 46.5 Å². The van der Waals surface area contributed by atoms with E-state index in [1.54, 1.807) is 0 Å². The van der Waals surface area contributed by atoms with Gasteiger partial charge in [0.15, 0.2) is 0 Å². The number of unbranched alkanes of at least 4 members (excludes halogenated alkanes) is 2. The summed E-state index contributed by atoms with van der Waals surface area (Å²) in [5.41, 5.74) is 1.30. The summed E-state index contributed by atoms with van der Waals surface area (Å²) in [7, 11) is 0. The second kappa shape index (κ2) is 10.0. The summed E-state index contributed by atoms with van der Waals surface area (Å²) in [6.45, 7) is 2.41. The molecule has 1 aromatic heterocycles. The molecule has 1 aliphatic rings. The minimum Gasteiger partial charge on any atom is -0.481 e. The zero-order chi connectivity index (χ0) is 17.2. The summed E-state index contributed by atoms with van der Waals surface area (Å²) >= 11 is 0. The molecular weight excluding hydrogens is 306 g/mol. The third-order valence-electron chi connectivity index (χ3n) is 4.44. The molecule has 132 valence electrons. The van der Waals surface area contributed by atoms with Crippen LogP contribution in [0, 0.1) is 0 Å². The standard InChI is InChI=1S/C18H27N3O3/c22-17(20-11-9-18(23)24)8-2-1-3-12-21-13-5-7-16(21)15-6-4-10-19-14-15/h4,6,10,14,16H,1-3,5,7-9,11-13H2,(H,20,22)(H,23,24)/t16-/m0/s1. The first-order valence-corrected chi connectivity index (χ1v) is 8.79. The first kappa shape index (κ1) is 18.4. The molecule has 0 spiro atoms. The fourth-order valence-corrected chi connectivity index (χ4v) is 3.22. The Morgan fingerprint density at radius 3 is 2.92 bits per heavy atom. The molecule has 1 fully saturated rings. The lowest BCUT2D eigenvalue weighted by molar-refractivity contribution is -0.136. The van der Waals surface area contributed by atoms with Gasteiger partial charge >= 0.3 is 5.97 Å². The largest absolute Gasteiger partial charge is 0.481 e. The van der Waals surface area contributed by atoms with E-state index in [9.17, 15) is 9.59 Å². The molecule has 2 rings (SSSR count). The van der Waals surface area contributed by atoms with Crippen molar-refractivity contribution in [2.75, 3.05) is 19.6 Å². The maximum absolute atomic E-state index is 11.6. The van der Waals surface area contributed by atoms with Gasteiger partial charge in [-0.05, 0) is 50.4 Å². The number of rotatable bonds is 10. The van der Waals surface area contributed by atoms with E-state index in [0.29, 0.717) is 12.5 Å². The number of likely N-dealkylation sites (tertiary alicyclic amines) is 1. The molecule has 0 aliphatic carbocycles. The number of carbonyl (C=O) groups is 2. The molecule has 2 heterocycles. The van der Waals surface area contributed by atoms with Crippen molar-refractivity contribution >= 4 is 11.9 Å². The Morgan fingerprint density at radius 2 is 2.17 bits per heavy atom. The van der Waals surface area contributed by atoms with Crippen molar-refractivity contribution in [1.82, 2.24) is 15.2 Å². The Kier molecular flexibility index (Phi) is 7.68. The summed E-state index contributed by atoms with van der Waals surface area (Å²) in [6, 6.07) is 4.63. The van der Waals surface area contributed by atoms with Crippen LogP contribution in [0.1, 0.15) is 56.6 Å². The van der Waals surface area contributed by atoms with Gasteiger partial charge < -0.3 is 10.4 Å². The molecule has 0 radical (unpaired) electrons. The van der Waals surface area contributed by atoms with E-state index in [1.165, 1.54) is 18.4 Å². The highest BCUT2D eigenvalue weighted by Crippen LogP contribution is 2.31. The lowest BCUT2D eigenvalue weighted by atomic mass is 10.1. The first-order valence-electron chi connectivity index (χ1n) is 8.79. The van der Waals surface area contributed by atoms with E-state index < -0.39 is 5.97 Å². The van der Waals surface area contributed by atoms with Crippen LogP contribution >= 0.6 is 0 Å². The van der Waals surface area contributed by atoms with Crippen LogP contribution in [0.2, 0.25) is 0 Å². The van der Waals surface area contributed by atoms with Crippen LogP contribution in [0.5, 0.6) is 0 Å². The summed E-state index contributed by atoms with van der Waals surface area (Å²) in [5.74, 6) is -0.935. The van der Waals surface area contributed by atoms with Crippen LogP contribution < -0.4 is 5.32 Å². The molecule has 1 saturated heterocycles. The molecule has 0 unspecified atom stereocenters. The van der Waals surface area contributed by atoms with Gasteiger partial charge in [-0.3, -0.25) is 19.5 Å². The number of carbonyl (C=O) groups excluding carboxylic acids is 1. The van der Waals surface area contributed by atoms with Gasteiger partial charge in [-0.15, -0.1) is 0 Å². The van der Waals surface area contributed by atoms with Crippen molar-refractivity contribution in [1.29, 1.82) is 0 Å². The summed E-state index contributed by atoms with van der Waals surface area (Å²) < 4.78 is 0. The second-order valence-electron chi connectivity index (χ2n) is 6.28.